The molecule has 0 N–H and O–H groups in total. The molecule has 180 valence electrons. The van der Waals surface area contributed by atoms with Crippen molar-refractivity contribution in [2.24, 2.45) is 0 Å². The molecule has 1 amide bonds. The number of amides is 1. The van der Waals surface area contributed by atoms with E-state index in [9.17, 15) is 34.4 Å². The lowest BCUT2D eigenvalue weighted by Crippen LogP contribution is -2.70. The molecular weight excluding hydrogens is 444 g/mol. The van der Waals surface area contributed by atoms with E-state index in [0.29, 0.717) is 0 Å². The molecular formula is C20H23N2O11-. The molecule has 5 atom stereocenters. The Morgan fingerprint density at radius 2 is 1.52 bits per heavy atom. The van der Waals surface area contributed by atoms with Crippen LogP contribution in [0.1, 0.15) is 27.7 Å². The van der Waals surface area contributed by atoms with E-state index in [0.717, 1.165) is 44.7 Å². The van der Waals surface area contributed by atoms with E-state index in [1.165, 1.54) is 12.1 Å². The summed E-state index contributed by atoms with van der Waals surface area (Å²) in [6.45, 7) is 3.91. The van der Waals surface area contributed by atoms with Gasteiger partial charge in [-0.3, -0.25) is 29.3 Å². The fourth-order valence-corrected chi connectivity index (χ4v) is 3.46. The van der Waals surface area contributed by atoms with Gasteiger partial charge in [0, 0.05) is 51.8 Å². The van der Waals surface area contributed by atoms with Gasteiger partial charge in [0.05, 0.1) is 11.0 Å². The van der Waals surface area contributed by atoms with Crippen molar-refractivity contribution in [1.82, 2.24) is 0 Å². The molecule has 0 aromatic heterocycles. The van der Waals surface area contributed by atoms with Crippen LogP contribution >= 0.6 is 0 Å². The molecule has 1 aromatic rings. The number of carbonyl (C=O) groups excluding carboxylic acids is 4. The highest BCUT2D eigenvalue weighted by atomic mass is 16.7. The van der Waals surface area contributed by atoms with Crippen LogP contribution < -0.4 is 10.0 Å². The zero-order valence-corrected chi connectivity index (χ0v) is 18.3. The number of non-ortho nitro benzene ring substituents is 1. The van der Waals surface area contributed by atoms with Crippen LogP contribution in [0.3, 0.4) is 0 Å². The van der Waals surface area contributed by atoms with Crippen molar-refractivity contribution in [3.8, 4) is 0 Å². The number of carbonyl (C=O) groups is 4. The molecule has 2 rings (SSSR count). The van der Waals surface area contributed by atoms with Gasteiger partial charge >= 0.3 is 17.9 Å². The first-order valence-corrected chi connectivity index (χ1v) is 9.75. The number of nitro groups is 1. The molecule has 13 heteroatoms. The van der Waals surface area contributed by atoms with Gasteiger partial charge in [-0.25, -0.2) is 0 Å². The van der Waals surface area contributed by atoms with Crippen LogP contribution in [0.2, 0.25) is 0 Å². The van der Waals surface area contributed by atoms with Crippen LogP contribution in [0.25, 0.3) is 0 Å². The maximum Gasteiger partial charge on any atom is 0.303 e. The Morgan fingerprint density at radius 3 is 1.97 bits per heavy atom. The fourth-order valence-electron chi connectivity index (χ4n) is 3.46. The van der Waals surface area contributed by atoms with Crippen LogP contribution in [0.4, 0.5) is 11.4 Å². The molecule has 0 aliphatic carbocycles. The Labute approximate surface area is 188 Å². The van der Waals surface area contributed by atoms with E-state index in [1.807, 2.05) is 0 Å². The zero-order chi connectivity index (χ0) is 24.9. The van der Waals surface area contributed by atoms with Gasteiger partial charge in [-0.1, -0.05) is 0 Å². The number of anilines is 1. The van der Waals surface area contributed by atoms with E-state index < -0.39 is 66.0 Å². The highest BCUT2D eigenvalue weighted by Gasteiger charge is 2.50. The summed E-state index contributed by atoms with van der Waals surface area (Å²) in [6.07, 6.45) is -6.21. The lowest BCUT2D eigenvalue weighted by molar-refractivity contribution is -0.517. The number of hydrogen-bond donors (Lipinski definition) is 0. The number of ether oxygens (including phenoxy) is 4. The largest absolute Gasteiger partial charge is 0.829 e. The van der Waals surface area contributed by atoms with Crippen molar-refractivity contribution in [3.63, 3.8) is 0 Å². The molecule has 1 aliphatic rings. The fraction of sp³-hybridized carbons (Fsp3) is 0.500. The highest BCUT2D eigenvalue weighted by molar-refractivity contribution is 5.92. The van der Waals surface area contributed by atoms with Crippen molar-refractivity contribution >= 4 is 35.2 Å². The molecule has 1 heterocycles. The molecule has 0 radical (unpaired) electrons. The van der Waals surface area contributed by atoms with Crippen molar-refractivity contribution in [2.45, 2.75) is 58.3 Å². The minimum Gasteiger partial charge on any atom is -0.829 e. The average Bonchev–Trinajstić information content (AvgIpc) is 2.70. The van der Waals surface area contributed by atoms with E-state index in [2.05, 4.69) is 0 Å². The number of benzene rings is 1. The standard InChI is InChI=1S/C20H23N2O11/c1-10(23)21(14-5-7-15(8-6-14)22(28)29)17-19(32-13(4)26)18(31-12(3)25)16(33-20(17)27)9-30-11(2)24/h5-8,16-20H,9H2,1-4H3/q-1/t16-,17-,18-,19-,20-/m1/s1. The van der Waals surface area contributed by atoms with Crippen LogP contribution in [0.15, 0.2) is 24.3 Å². The predicted molar refractivity (Wildman–Crippen MR) is 106 cm³/mol. The van der Waals surface area contributed by atoms with Gasteiger partial charge in [-0.05, 0) is 12.1 Å². The zero-order valence-electron chi connectivity index (χ0n) is 18.3. The third-order valence-corrected chi connectivity index (χ3v) is 4.65. The molecule has 1 aliphatic heterocycles. The summed E-state index contributed by atoms with van der Waals surface area (Å²) in [7, 11) is 0. The summed E-state index contributed by atoms with van der Waals surface area (Å²) in [5.74, 6) is -3.00. The Morgan fingerprint density at radius 1 is 0.970 bits per heavy atom. The molecule has 33 heavy (non-hydrogen) atoms. The first-order chi connectivity index (χ1) is 15.4. The predicted octanol–water partition coefficient (Wildman–Crippen LogP) is -0.172. The van der Waals surface area contributed by atoms with Crippen molar-refractivity contribution in [1.29, 1.82) is 0 Å². The number of hydrogen-bond acceptors (Lipinski definition) is 11. The van der Waals surface area contributed by atoms with E-state index in [1.54, 1.807) is 0 Å². The summed E-state index contributed by atoms with van der Waals surface area (Å²) in [4.78, 5) is 58.6. The molecule has 13 nitrogen and oxygen atoms in total. The molecule has 1 aromatic carbocycles. The van der Waals surface area contributed by atoms with Crippen LogP contribution in [-0.4, -0.2) is 66.0 Å². The summed E-state index contributed by atoms with van der Waals surface area (Å²) >= 11 is 0. The van der Waals surface area contributed by atoms with E-state index in [-0.39, 0.29) is 11.4 Å². The molecule has 1 saturated heterocycles. The van der Waals surface area contributed by atoms with Crippen molar-refractivity contribution in [3.05, 3.63) is 34.4 Å². The third-order valence-electron chi connectivity index (χ3n) is 4.65. The Bertz CT molecular complexity index is 917. The summed E-state index contributed by atoms with van der Waals surface area (Å²) in [5.41, 5.74) is -0.170. The number of esters is 3. The van der Waals surface area contributed by atoms with E-state index >= 15 is 0 Å². The Kier molecular flexibility index (Phi) is 8.43. The maximum absolute atomic E-state index is 13.1. The molecule has 0 unspecified atom stereocenters. The van der Waals surface area contributed by atoms with Crippen molar-refractivity contribution in [2.75, 3.05) is 11.5 Å². The Hall–Kier alpha value is -3.58. The second-order valence-electron chi connectivity index (χ2n) is 7.15. The first-order valence-electron chi connectivity index (χ1n) is 9.75. The topological polar surface area (TPSA) is 175 Å². The Balaban J connectivity index is 2.54. The SMILES string of the molecule is CC(=O)OC[C@H]1O[C@@H]([O-])[C@H](N(C(C)=O)c2ccc([N+](=O)[O-])cc2)[C@@H](OC(C)=O)[C@@H]1OC(C)=O. The molecule has 0 bridgehead atoms. The number of nitrogens with zero attached hydrogens (tertiary/aromatic N) is 2. The summed E-state index contributed by atoms with van der Waals surface area (Å²) in [5, 5.41) is 24.0. The molecule has 1 fully saturated rings. The average molecular weight is 467 g/mol. The number of rotatable bonds is 7. The van der Waals surface area contributed by atoms with Gasteiger partial charge in [-0.15, -0.1) is 0 Å². The van der Waals surface area contributed by atoms with Gasteiger partial charge < -0.3 is 29.0 Å². The van der Waals surface area contributed by atoms with Gasteiger partial charge in [-0.2, -0.15) is 0 Å². The quantitative estimate of drug-likeness (QED) is 0.225. The summed E-state index contributed by atoms with van der Waals surface area (Å²) in [6, 6.07) is 3.21. The second-order valence-corrected chi connectivity index (χ2v) is 7.15. The van der Waals surface area contributed by atoms with Crippen LogP contribution in [0, 0.1) is 10.1 Å². The minimum atomic E-state index is -2.03. The van der Waals surface area contributed by atoms with Gasteiger partial charge in [0.15, 0.2) is 12.2 Å². The first kappa shape index (κ1) is 25.7. The van der Waals surface area contributed by atoms with Gasteiger partial charge in [0.1, 0.15) is 12.7 Å². The van der Waals surface area contributed by atoms with Gasteiger partial charge in [0.2, 0.25) is 5.91 Å². The third kappa shape index (κ3) is 6.46. The molecule has 0 saturated carbocycles. The van der Waals surface area contributed by atoms with Crippen LogP contribution in [0.5, 0.6) is 0 Å². The monoisotopic (exact) mass is 467 g/mol. The number of nitro benzene ring substituents is 1. The maximum atomic E-state index is 13.1. The summed E-state index contributed by atoms with van der Waals surface area (Å²) < 4.78 is 20.8. The second kappa shape index (κ2) is 10.8. The van der Waals surface area contributed by atoms with E-state index in [4.69, 9.17) is 18.9 Å². The molecule has 0 spiro atoms. The lowest BCUT2D eigenvalue weighted by Gasteiger charge is -2.51. The highest BCUT2D eigenvalue weighted by Crippen LogP contribution is 2.32. The smallest absolute Gasteiger partial charge is 0.303 e. The van der Waals surface area contributed by atoms with Crippen molar-refractivity contribution < 1.29 is 48.2 Å². The normalized spacial score (nSPS) is 24.3. The van der Waals surface area contributed by atoms with Crippen LogP contribution in [-0.2, 0) is 38.1 Å². The van der Waals surface area contributed by atoms with Gasteiger partial charge in [0.25, 0.3) is 5.69 Å². The minimum absolute atomic E-state index is 0.0831. The lowest BCUT2D eigenvalue weighted by atomic mass is 9.94.